The van der Waals surface area contributed by atoms with Crippen LogP contribution >= 0.6 is 0 Å². The fourth-order valence-corrected chi connectivity index (χ4v) is 3.80. The summed E-state index contributed by atoms with van der Waals surface area (Å²) in [5.41, 5.74) is 7.41. The minimum absolute atomic E-state index is 0.0850. The van der Waals surface area contributed by atoms with Gasteiger partial charge in [-0.2, -0.15) is 5.10 Å². The van der Waals surface area contributed by atoms with Gasteiger partial charge in [0.25, 0.3) is 0 Å². The van der Waals surface area contributed by atoms with Crippen LogP contribution in [0.2, 0.25) is 0 Å². The second-order valence-electron chi connectivity index (χ2n) is 6.76. The molecule has 0 radical (unpaired) electrons. The third-order valence-electron chi connectivity index (χ3n) is 5.07. The average molecular weight is 349 g/mol. The molecule has 0 spiro atoms. The Labute approximate surface area is 152 Å². The number of carbonyl (C=O) groups excluding carboxylic acids is 1. The number of rotatable bonds is 5. The van der Waals surface area contributed by atoms with E-state index in [4.69, 9.17) is 4.42 Å². The molecule has 4 rings (SSSR count). The van der Waals surface area contributed by atoms with Gasteiger partial charge < -0.3 is 8.98 Å². The van der Waals surface area contributed by atoms with E-state index in [9.17, 15) is 4.79 Å². The maximum absolute atomic E-state index is 12.3. The van der Waals surface area contributed by atoms with Crippen molar-refractivity contribution in [3.63, 3.8) is 0 Å². The van der Waals surface area contributed by atoms with Crippen molar-refractivity contribution in [2.45, 2.75) is 45.6 Å². The second-order valence-corrected chi connectivity index (χ2v) is 6.76. The number of nitrogens with zero attached hydrogens (tertiary/aromatic N) is 2. The topological polar surface area (TPSA) is 59.5 Å². The first kappa shape index (κ1) is 16.6. The van der Waals surface area contributed by atoms with Crippen LogP contribution in [-0.4, -0.2) is 16.2 Å². The molecule has 5 heteroatoms. The zero-order valence-corrected chi connectivity index (χ0v) is 15.0. The summed E-state index contributed by atoms with van der Waals surface area (Å²) >= 11 is 0. The van der Waals surface area contributed by atoms with Crippen LogP contribution in [0.1, 0.15) is 43.2 Å². The fraction of sp³-hybridized carbons (Fsp3) is 0.333. The number of hydrazone groups is 1. The maximum Gasteiger partial charge on any atom is 0.241 e. The van der Waals surface area contributed by atoms with E-state index in [0.29, 0.717) is 24.4 Å². The van der Waals surface area contributed by atoms with Crippen molar-refractivity contribution in [2.24, 2.45) is 5.10 Å². The smallest absolute Gasteiger partial charge is 0.241 e. The van der Waals surface area contributed by atoms with Gasteiger partial charge in [0.1, 0.15) is 11.5 Å². The third-order valence-corrected chi connectivity index (χ3v) is 5.07. The van der Waals surface area contributed by atoms with Crippen molar-refractivity contribution >= 4 is 22.5 Å². The van der Waals surface area contributed by atoms with Crippen LogP contribution in [0.3, 0.4) is 0 Å². The quantitative estimate of drug-likeness (QED) is 0.558. The molecule has 0 fully saturated rings. The van der Waals surface area contributed by atoms with E-state index >= 15 is 0 Å². The van der Waals surface area contributed by atoms with Crippen molar-refractivity contribution in [1.82, 2.24) is 9.99 Å². The number of nitrogens with one attached hydrogen (secondary N) is 1. The number of hydrogen-bond donors (Lipinski definition) is 1. The molecule has 0 saturated carbocycles. The van der Waals surface area contributed by atoms with Crippen molar-refractivity contribution in [1.29, 1.82) is 0 Å². The number of hydrogen-bond acceptors (Lipinski definition) is 3. The van der Waals surface area contributed by atoms with Gasteiger partial charge in [-0.15, -0.1) is 0 Å². The van der Waals surface area contributed by atoms with Crippen LogP contribution in [0, 0.1) is 0 Å². The molecule has 1 aliphatic carbocycles. The molecule has 3 aromatic rings. The zero-order valence-electron chi connectivity index (χ0n) is 15.0. The molecule has 1 aromatic carbocycles. The van der Waals surface area contributed by atoms with Gasteiger partial charge in [-0.3, -0.25) is 4.79 Å². The minimum atomic E-state index is -0.0850. The summed E-state index contributed by atoms with van der Waals surface area (Å²) in [6.07, 6.45) is 6.71. The SMILES string of the molecule is CC(=NNC(=O)CCn1c2c(c3ccccc31)CCCC2)c1ccco1. The van der Waals surface area contributed by atoms with E-state index in [2.05, 4.69) is 39.4 Å². The summed E-state index contributed by atoms with van der Waals surface area (Å²) in [4.78, 5) is 12.3. The van der Waals surface area contributed by atoms with Gasteiger partial charge in [-0.05, 0) is 56.4 Å². The Kier molecular flexibility index (Phi) is 4.61. The molecule has 134 valence electrons. The number of furan rings is 1. The summed E-state index contributed by atoms with van der Waals surface area (Å²) in [5, 5.41) is 5.47. The molecular formula is C21H23N3O2. The molecule has 1 amide bonds. The lowest BCUT2D eigenvalue weighted by Crippen LogP contribution is -2.21. The third kappa shape index (κ3) is 3.17. The Hall–Kier alpha value is -2.82. The lowest BCUT2D eigenvalue weighted by Gasteiger charge is -2.15. The van der Waals surface area contributed by atoms with Gasteiger partial charge in [0.15, 0.2) is 0 Å². The van der Waals surface area contributed by atoms with Crippen LogP contribution in [0.15, 0.2) is 52.2 Å². The van der Waals surface area contributed by atoms with E-state index in [1.807, 2.05) is 13.0 Å². The van der Waals surface area contributed by atoms with Crippen molar-refractivity contribution in [3.8, 4) is 0 Å². The molecule has 5 nitrogen and oxygen atoms in total. The molecule has 0 unspecified atom stereocenters. The summed E-state index contributed by atoms with van der Waals surface area (Å²) in [5.74, 6) is 0.578. The van der Waals surface area contributed by atoms with Gasteiger partial charge in [0.05, 0.1) is 6.26 Å². The molecule has 26 heavy (non-hydrogen) atoms. The molecular weight excluding hydrogens is 326 g/mol. The maximum atomic E-state index is 12.3. The molecule has 2 heterocycles. The predicted molar refractivity (Wildman–Crippen MR) is 102 cm³/mol. The van der Waals surface area contributed by atoms with Gasteiger partial charge in [-0.1, -0.05) is 18.2 Å². The van der Waals surface area contributed by atoms with Gasteiger partial charge >= 0.3 is 0 Å². The molecule has 1 N–H and O–H groups in total. The Balaban J connectivity index is 1.48. The van der Waals surface area contributed by atoms with E-state index in [-0.39, 0.29) is 5.91 Å². The Morgan fingerprint density at radius 1 is 1.19 bits per heavy atom. The monoisotopic (exact) mass is 349 g/mol. The first-order valence-electron chi connectivity index (χ1n) is 9.20. The van der Waals surface area contributed by atoms with Crippen LogP contribution in [0.4, 0.5) is 0 Å². The molecule has 1 aliphatic rings. The Morgan fingerprint density at radius 2 is 2.04 bits per heavy atom. The highest BCUT2D eigenvalue weighted by molar-refractivity contribution is 5.96. The summed E-state index contributed by atoms with van der Waals surface area (Å²) in [7, 11) is 0. The number of carbonyl (C=O) groups is 1. The minimum Gasteiger partial charge on any atom is -0.463 e. The summed E-state index contributed by atoms with van der Waals surface area (Å²) in [6, 6.07) is 12.2. The van der Waals surface area contributed by atoms with Crippen molar-refractivity contribution in [2.75, 3.05) is 0 Å². The van der Waals surface area contributed by atoms with Crippen molar-refractivity contribution < 1.29 is 9.21 Å². The summed E-state index contributed by atoms with van der Waals surface area (Å²) in [6.45, 7) is 2.49. The van der Waals surface area contributed by atoms with Crippen molar-refractivity contribution in [3.05, 3.63) is 59.7 Å². The normalized spacial score (nSPS) is 14.4. The Bertz CT molecular complexity index is 951. The summed E-state index contributed by atoms with van der Waals surface area (Å²) < 4.78 is 7.60. The molecule has 0 saturated heterocycles. The number of amides is 1. The number of para-hydroxylation sites is 1. The first-order valence-corrected chi connectivity index (χ1v) is 9.20. The van der Waals surface area contributed by atoms with E-state index in [1.54, 1.807) is 12.3 Å². The molecule has 0 aliphatic heterocycles. The van der Waals surface area contributed by atoms with Crippen LogP contribution in [0.5, 0.6) is 0 Å². The van der Waals surface area contributed by atoms with Crippen LogP contribution < -0.4 is 5.43 Å². The molecule has 2 aromatic heterocycles. The van der Waals surface area contributed by atoms with E-state index in [0.717, 1.165) is 12.8 Å². The van der Waals surface area contributed by atoms with Gasteiger partial charge in [0.2, 0.25) is 5.91 Å². The van der Waals surface area contributed by atoms with Crippen LogP contribution in [-0.2, 0) is 24.2 Å². The number of aromatic nitrogens is 1. The zero-order chi connectivity index (χ0) is 17.9. The molecule has 0 atom stereocenters. The number of benzene rings is 1. The molecule has 0 bridgehead atoms. The van der Waals surface area contributed by atoms with E-state index < -0.39 is 0 Å². The highest BCUT2D eigenvalue weighted by atomic mass is 16.3. The first-order chi connectivity index (χ1) is 12.7. The number of aryl methyl sites for hydroxylation is 2. The number of fused-ring (bicyclic) bond motifs is 3. The van der Waals surface area contributed by atoms with Gasteiger partial charge in [0, 0.05) is 29.6 Å². The average Bonchev–Trinajstić information content (AvgIpc) is 3.31. The van der Waals surface area contributed by atoms with Gasteiger partial charge in [-0.25, -0.2) is 5.43 Å². The second kappa shape index (κ2) is 7.20. The predicted octanol–water partition coefficient (Wildman–Crippen LogP) is 4.04. The highest BCUT2D eigenvalue weighted by Gasteiger charge is 2.19. The van der Waals surface area contributed by atoms with Crippen LogP contribution in [0.25, 0.3) is 10.9 Å². The standard InChI is InChI=1S/C21H23N3O2/c1-15(20-11-6-14-26-20)22-23-21(25)12-13-24-18-9-4-2-7-16(18)17-8-3-5-10-19(17)24/h2,4,6-7,9,11,14H,3,5,8,10,12-13H2,1H3,(H,23,25). The Morgan fingerprint density at radius 3 is 2.88 bits per heavy atom. The fourth-order valence-electron chi connectivity index (χ4n) is 3.80. The largest absolute Gasteiger partial charge is 0.463 e. The highest BCUT2D eigenvalue weighted by Crippen LogP contribution is 2.32. The lowest BCUT2D eigenvalue weighted by molar-refractivity contribution is -0.121. The lowest BCUT2D eigenvalue weighted by atomic mass is 9.95. The van der Waals surface area contributed by atoms with E-state index in [1.165, 1.54) is 35.0 Å².